The summed E-state index contributed by atoms with van der Waals surface area (Å²) in [6, 6.07) is 13.7. The predicted molar refractivity (Wildman–Crippen MR) is 125 cm³/mol. The summed E-state index contributed by atoms with van der Waals surface area (Å²) >= 11 is 16.1. The molecule has 0 saturated carbocycles. The van der Waals surface area contributed by atoms with Gasteiger partial charge in [-0.05, 0) is 56.2 Å². The molecule has 0 bridgehead atoms. The molecule has 1 heterocycles. The summed E-state index contributed by atoms with van der Waals surface area (Å²) in [6.45, 7) is 4.33. The third kappa shape index (κ3) is 4.89. The largest absolute Gasteiger partial charge is 0.231 e. The lowest BCUT2D eigenvalue weighted by Gasteiger charge is -2.11. The summed E-state index contributed by atoms with van der Waals surface area (Å²) in [5.41, 5.74) is 5.02. The fourth-order valence-electron chi connectivity index (χ4n) is 3.15. The normalized spacial score (nSPS) is 11.5. The molecule has 0 amide bonds. The van der Waals surface area contributed by atoms with Gasteiger partial charge in [-0.3, -0.25) is 0 Å². The van der Waals surface area contributed by atoms with E-state index in [2.05, 4.69) is 54.1 Å². The first-order valence-corrected chi connectivity index (χ1v) is 11.0. The van der Waals surface area contributed by atoms with Crippen LogP contribution in [0.5, 0.6) is 0 Å². The molecule has 3 aromatic rings. The van der Waals surface area contributed by atoms with Gasteiger partial charge < -0.3 is 0 Å². The minimum absolute atomic E-state index is 0.576. The number of hydrogen-bond acceptors (Lipinski definition) is 1. The first kappa shape index (κ1) is 21.2. The summed E-state index contributed by atoms with van der Waals surface area (Å²) in [7, 11) is 0. The molecule has 2 aromatic carbocycles. The number of hydrogen-bond donors (Lipinski definition) is 0. The van der Waals surface area contributed by atoms with E-state index in [9.17, 15) is 0 Å². The molecule has 0 aliphatic rings. The van der Waals surface area contributed by atoms with Gasteiger partial charge in [-0.1, -0.05) is 77.1 Å². The van der Waals surface area contributed by atoms with E-state index in [4.69, 9.17) is 28.3 Å². The summed E-state index contributed by atoms with van der Waals surface area (Å²) in [5.74, 6) is 0. The Morgan fingerprint density at radius 3 is 2.50 bits per heavy atom. The molecular formula is C23H23BrCl2N2. The van der Waals surface area contributed by atoms with E-state index in [1.54, 1.807) is 6.07 Å². The molecular weight excluding hydrogens is 455 g/mol. The molecule has 2 nitrogen and oxygen atoms in total. The van der Waals surface area contributed by atoms with Crippen molar-refractivity contribution in [3.05, 3.63) is 74.3 Å². The number of aromatic nitrogens is 2. The van der Waals surface area contributed by atoms with Gasteiger partial charge in [0.15, 0.2) is 0 Å². The number of unbranched alkanes of at least 4 members (excludes halogenated alkanes) is 3. The zero-order valence-electron chi connectivity index (χ0n) is 16.1. The van der Waals surface area contributed by atoms with Gasteiger partial charge >= 0.3 is 0 Å². The van der Waals surface area contributed by atoms with Crippen LogP contribution in [0.25, 0.3) is 23.0 Å². The number of halogens is 3. The monoisotopic (exact) mass is 476 g/mol. The molecule has 146 valence electrons. The topological polar surface area (TPSA) is 17.8 Å². The Balaban J connectivity index is 2.08. The van der Waals surface area contributed by atoms with Gasteiger partial charge in [-0.2, -0.15) is 5.10 Å². The van der Waals surface area contributed by atoms with Gasteiger partial charge in [-0.25, -0.2) is 4.68 Å². The van der Waals surface area contributed by atoms with E-state index < -0.39 is 0 Å². The highest BCUT2D eigenvalue weighted by Gasteiger charge is 2.18. The molecule has 5 heteroatoms. The zero-order valence-corrected chi connectivity index (χ0v) is 19.2. The van der Waals surface area contributed by atoms with Crippen molar-refractivity contribution in [3.63, 3.8) is 0 Å². The molecule has 0 fully saturated rings. The Bertz CT molecular complexity index is 975. The van der Waals surface area contributed by atoms with Crippen LogP contribution in [0.2, 0.25) is 10.0 Å². The number of benzene rings is 2. The molecule has 3 rings (SSSR count). The average molecular weight is 478 g/mol. The highest BCUT2D eigenvalue weighted by molar-refractivity contribution is 9.10. The van der Waals surface area contributed by atoms with Crippen molar-refractivity contribution in [1.82, 2.24) is 9.78 Å². The van der Waals surface area contributed by atoms with Crippen LogP contribution in [0.1, 0.15) is 43.9 Å². The quantitative estimate of drug-likeness (QED) is 0.311. The van der Waals surface area contributed by atoms with Crippen molar-refractivity contribution < 1.29 is 0 Å². The maximum Gasteiger partial charge on any atom is 0.0887 e. The van der Waals surface area contributed by atoms with Crippen LogP contribution >= 0.6 is 39.1 Å². The highest BCUT2D eigenvalue weighted by Crippen LogP contribution is 2.33. The van der Waals surface area contributed by atoms with Crippen molar-refractivity contribution in [1.29, 1.82) is 0 Å². The van der Waals surface area contributed by atoms with Crippen LogP contribution in [0.15, 0.2) is 53.0 Å². The average Bonchev–Trinajstić information content (AvgIpc) is 2.98. The number of rotatable bonds is 7. The summed E-state index contributed by atoms with van der Waals surface area (Å²) in [5, 5.41) is 6.06. The van der Waals surface area contributed by atoms with Crippen LogP contribution in [0.4, 0.5) is 0 Å². The Morgan fingerprint density at radius 2 is 1.82 bits per heavy atom. The van der Waals surface area contributed by atoms with E-state index in [0.717, 1.165) is 39.1 Å². The highest BCUT2D eigenvalue weighted by atomic mass is 79.9. The van der Waals surface area contributed by atoms with Gasteiger partial charge in [0.2, 0.25) is 0 Å². The second-order valence-electron chi connectivity index (χ2n) is 6.77. The fraction of sp³-hybridized carbons (Fsp3) is 0.261. The standard InChI is InChI=1S/C23H23BrCl2N2/c1-3-4-5-6-7-8-21-16(2)23(17-9-11-18(24)12-10-17)28(27-21)22-14-13-19(25)15-20(22)26/h7-15H,3-6H2,1-2H3. The van der Waals surface area contributed by atoms with Crippen LogP contribution in [0, 0.1) is 6.92 Å². The van der Waals surface area contributed by atoms with E-state index in [1.807, 2.05) is 28.9 Å². The van der Waals surface area contributed by atoms with Crippen LogP contribution in [-0.2, 0) is 0 Å². The molecule has 0 atom stereocenters. The van der Waals surface area contributed by atoms with Crippen LogP contribution < -0.4 is 0 Å². The predicted octanol–water partition coefficient (Wildman–Crippen LogP) is 8.51. The Morgan fingerprint density at radius 1 is 1.07 bits per heavy atom. The summed E-state index contributed by atoms with van der Waals surface area (Å²) < 4.78 is 2.96. The van der Waals surface area contributed by atoms with Crippen molar-refractivity contribution in [3.8, 4) is 16.9 Å². The lowest BCUT2D eigenvalue weighted by molar-refractivity contribution is 0.730. The van der Waals surface area contributed by atoms with Gasteiger partial charge in [0.1, 0.15) is 0 Å². The number of allylic oxidation sites excluding steroid dienone is 1. The Kier molecular flexibility index (Phi) is 7.39. The second kappa shape index (κ2) is 9.78. The van der Waals surface area contributed by atoms with Crippen molar-refractivity contribution in [2.75, 3.05) is 0 Å². The molecule has 0 spiro atoms. The van der Waals surface area contributed by atoms with E-state index in [-0.39, 0.29) is 0 Å². The zero-order chi connectivity index (χ0) is 20.1. The fourth-order valence-corrected chi connectivity index (χ4v) is 3.91. The Labute approximate surface area is 185 Å². The smallest absolute Gasteiger partial charge is 0.0887 e. The van der Waals surface area contributed by atoms with Gasteiger partial charge in [0, 0.05) is 20.6 Å². The SMILES string of the molecule is CCCCCC=Cc1nn(-c2ccc(Cl)cc2Cl)c(-c2ccc(Br)cc2)c1C. The molecule has 0 radical (unpaired) electrons. The first-order valence-electron chi connectivity index (χ1n) is 9.48. The van der Waals surface area contributed by atoms with E-state index in [0.29, 0.717) is 10.0 Å². The lowest BCUT2D eigenvalue weighted by Crippen LogP contribution is -2.00. The van der Waals surface area contributed by atoms with E-state index in [1.165, 1.54) is 19.3 Å². The third-order valence-electron chi connectivity index (χ3n) is 4.66. The molecule has 0 saturated heterocycles. The molecule has 0 aliphatic heterocycles. The Hall–Kier alpha value is -1.55. The van der Waals surface area contributed by atoms with E-state index >= 15 is 0 Å². The lowest BCUT2D eigenvalue weighted by atomic mass is 10.1. The molecule has 28 heavy (non-hydrogen) atoms. The van der Waals surface area contributed by atoms with Crippen molar-refractivity contribution in [2.24, 2.45) is 0 Å². The first-order chi connectivity index (χ1) is 13.5. The maximum absolute atomic E-state index is 6.50. The molecule has 0 unspecified atom stereocenters. The maximum atomic E-state index is 6.50. The van der Waals surface area contributed by atoms with Crippen molar-refractivity contribution >= 4 is 45.2 Å². The van der Waals surface area contributed by atoms with Gasteiger partial charge in [0.05, 0.1) is 22.1 Å². The second-order valence-corrected chi connectivity index (χ2v) is 8.53. The summed E-state index contributed by atoms with van der Waals surface area (Å²) in [4.78, 5) is 0. The summed E-state index contributed by atoms with van der Waals surface area (Å²) in [6.07, 6.45) is 9.08. The number of nitrogens with zero attached hydrogens (tertiary/aromatic N) is 2. The minimum Gasteiger partial charge on any atom is -0.231 e. The van der Waals surface area contributed by atoms with Gasteiger partial charge in [-0.15, -0.1) is 0 Å². The van der Waals surface area contributed by atoms with Crippen LogP contribution in [-0.4, -0.2) is 9.78 Å². The van der Waals surface area contributed by atoms with Gasteiger partial charge in [0.25, 0.3) is 0 Å². The molecule has 0 aliphatic carbocycles. The van der Waals surface area contributed by atoms with Crippen molar-refractivity contribution in [2.45, 2.75) is 39.5 Å². The third-order valence-corrected chi connectivity index (χ3v) is 5.73. The molecule has 0 N–H and O–H groups in total. The molecule has 1 aromatic heterocycles. The minimum atomic E-state index is 0.576. The van der Waals surface area contributed by atoms with Crippen LogP contribution in [0.3, 0.4) is 0 Å².